The summed E-state index contributed by atoms with van der Waals surface area (Å²) in [6.45, 7) is 10.1. The van der Waals surface area contributed by atoms with E-state index in [4.69, 9.17) is 23.2 Å². The molecule has 0 spiro atoms. The van der Waals surface area contributed by atoms with E-state index < -0.39 is 0 Å². The molecule has 0 radical (unpaired) electrons. The molecule has 37 heavy (non-hydrogen) atoms. The molecule has 0 unspecified atom stereocenters. The molecule has 0 bridgehead atoms. The number of allylic oxidation sites excluding steroid dienone is 2. The highest BCUT2D eigenvalue weighted by Gasteiger charge is 2.35. The minimum absolute atomic E-state index is 0.0735. The summed E-state index contributed by atoms with van der Waals surface area (Å²) in [7, 11) is 1.76. The second-order valence-electron chi connectivity index (χ2n) is 9.43. The van der Waals surface area contributed by atoms with Crippen LogP contribution in [0.3, 0.4) is 0 Å². The third-order valence-corrected chi connectivity index (χ3v) is 7.75. The molecular formula is C27H34Cl2N6O2. The molecule has 0 saturated carbocycles. The normalized spacial score (nSPS) is 20.4. The molecule has 2 fully saturated rings. The standard InChI is InChI=1S/C27H34Cl2N6O2/c1-4-20-17-34(26(30-3)23(29)15-18(2)25-31-9-10-32-25)13-14-35(20)21-7-11-33(12-8-21)27(37)22-6-5-19(28)16-24(22)36/h5-6,9-10,15-16,20-21,36H,2,4,7-8,11-14,17H2,1,3H3,(H,31,32)/b23-15+,30-26?/t20-/m0/s1. The number of aliphatic imine (C=N–C) groups is 1. The Kier molecular flexibility index (Phi) is 8.95. The lowest BCUT2D eigenvalue weighted by Gasteiger charge is -2.48. The van der Waals surface area contributed by atoms with Crippen molar-refractivity contribution in [2.75, 3.05) is 39.8 Å². The van der Waals surface area contributed by atoms with Crippen molar-refractivity contribution >= 4 is 40.5 Å². The van der Waals surface area contributed by atoms with Gasteiger partial charge in [0.2, 0.25) is 0 Å². The lowest BCUT2D eigenvalue weighted by molar-refractivity contribution is 0.0301. The Balaban J connectivity index is 1.36. The highest BCUT2D eigenvalue weighted by Crippen LogP contribution is 2.28. The largest absolute Gasteiger partial charge is 0.507 e. The fourth-order valence-corrected chi connectivity index (χ4v) is 5.79. The molecule has 2 aliphatic heterocycles. The number of benzene rings is 1. The molecule has 2 saturated heterocycles. The van der Waals surface area contributed by atoms with E-state index in [0.717, 1.165) is 44.7 Å². The summed E-state index contributed by atoms with van der Waals surface area (Å²) in [6.07, 6.45) is 8.05. The quantitative estimate of drug-likeness (QED) is 0.314. The van der Waals surface area contributed by atoms with Gasteiger partial charge in [-0.25, -0.2) is 4.98 Å². The van der Waals surface area contributed by atoms with E-state index in [9.17, 15) is 9.90 Å². The van der Waals surface area contributed by atoms with Crippen LogP contribution in [-0.2, 0) is 0 Å². The van der Waals surface area contributed by atoms with Crippen molar-refractivity contribution < 1.29 is 9.90 Å². The number of carbonyl (C=O) groups is 1. The molecule has 1 amide bonds. The van der Waals surface area contributed by atoms with Gasteiger partial charge in [0.25, 0.3) is 5.91 Å². The molecule has 2 aliphatic rings. The third kappa shape index (κ3) is 6.20. The highest BCUT2D eigenvalue weighted by molar-refractivity contribution is 6.43. The second kappa shape index (κ2) is 12.2. The minimum Gasteiger partial charge on any atom is -0.507 e. The first kappa shape index (κ1) is 27.2. The zero-order chi connectivity index (χ0) is 26.5. The summed E-state index contributed by atoms with van der Waals surface area (Å²) in [5.74, 6) is 1.22. The number of aromatic hydroxyl groups is 1. The van der Waals surface area contributed by atoms with Crippen LogP contribution < -0.4 is 0 Å². The first-order chi connectivity index (χ1) is 17.8. The number of imidazole rings is 1. The number of nitrogens with one attached hydrogen (secondary N) is 1. The molecule has 2 N–H and O–H groups in total. The van der Waals surface area contributed by atoms with Crippen molar-refractivity contribution in [1.82, 2.24) is 24.7 Å². The monoisotopic (exact) mass is 544 g/mol. The Labute approximate surface area is 228 Å². The van der Waals surface area contributed by atoms with Gasteiger partial charge in [0, 0.05) is 74.8 Å². The van der Waals surface area contributed by atoms with E-state index >= 15 is 0 Å². The number of phenols is 1. The third-order valence-electron chi connectivity index (χ3n) is 7.24. The van der Waals surface area contributed by atoms with Crippen LogP contribution in [0.4, 0.5) is 0 Å². The van der Waals surface area contributed by atoms with Crippen LogP contribution in [0.15, 0.2) is 53.3 Å². The fraction of sp³-hybridized carbons (Fsp3) is 0.444. The maximum absolute atomic E-state index is 13.0. The SMILES string of the molecule is C=C(/C=C(/Cl)C(=NC)N1CCN(C2CCN(C(=O)c3ccc(Cl)cc3O)CC2)[C@@H](CC)C1)c1ncc[nH]1. The summed E-state index contributed by atoms with van der Waals surface area (Å²) >= 11 is 12.6. The Morgan fingerprint density at radius 2 is 2.03 bits per heavy atom. The number of piperazine rings is 1. The van der Waals surface area contributed by atoms with Gasteiger partial charge in [-0.2, -0.15) is 0 Å². The number of rotatable bonds is 6. The van der Waals surface area contributed by atoms with Crippen LogP contribution in [0, 0.1) is 0 Å². The molecule has 1 atom stereocenters. The van der Waals surface area contributed by atoms with Crippen LogP contribution in [0.25, 0.3) is 5.57 Å². The number of phenolic OH excluding ortho intramolecular Hbond substituents is 1. The van der Waals surface area contributed by atoms with Gasteiger partial charge in [0.1, 0.15) is 17.4 Å². The average molecular weight is 546 g/mol. The number of hydrogen-bond donors (Lipinski definition) is 2. The number of amidine groups is 1. The number of hydrogen-bond acceptors (Lipinski definition) is 5. The fourth-order valence-electron chi connectivity index (χ4n) is 5.29. The first-order valence-electron chi connectivity index (χ1n) is 12.6. The van der Waals surface area contributed by atoms with Crippen molar-refractivity contribution in [2.45, 2.75) is 38.3 Å². The highest BCUT2D eigenvalue weighted by atomic mass is 35.5. The first-order valence-corrected chi connectivity index (χ1v) is 13.4. The zero-order valence-electron chi connectivity index (χ0n) is 21.3. The van der Waals surface area contributed by atoms with Crippen LogP contribution in [-0.4, -0.2) is 93.4 Å². The van der Waals surface area contributed by atoms with Crippen molar-refractivity contribution in [3.8, 4) is 5.75 Å². The predicted octanol–water partition coefficient (Wildman–Crippen LogP) is 4.63. The van der Waals surface area contributed by atoms with Gasteiger partial charge in [0.05, 0.1) is 10.6 Å². The Morgan fingerprint density at radius 3 is 2.65 bits per heavy atom. The van der Waals surface area contributed by atoms with Crippen LogP contribution in [0.1, 0.15) is 42.4 Å². The van der Waals surface area contributed by atoms with Crippen LogP contribution >= 0.6 is 23.2 Å². The number of amides is 1. The van der Waals surface area contributed by atoms with Gasteiger partial charge in [0.15, 0.2) is 0 Å². The number of halogens is 2. The van der Waals surface area contributed by atoms with E-state index in [1.54, 1.807) is 37.7 Å². The number of nitrogens with zero attached hydrogens (tertiary/aromatic N) is 5. The van der Waals surface area contributed by atoms with Gasteiger partial charge < -0.3 is 19.9 Å². The summed E-state index contributed by atoms with van der Waals surface area (Å²) in [5.41, 5.74) is 1.00. The summed E-state index contributed by atoms with van der Waals surface area (Å²) in [6, 6.07) is 5.40. The van der Waals surface area contributed by atoms with Crippen LogP contribution in [0.2, 0.25) is 5.02 Å². The molecule has 0 aliphatic carbocycles. The Morgan fingerprint density at radius 1 is 1.27 bits per heavy atom. The Bertz CT molecular complexity index is 1170. The lowest BCUT2D eigenvalue weighted by atomic mass is 9.97. The Hall–Kier alpha value is -2.81. The zero-order valence-corrected chi connectivity index (χ0v) is 22.8. The number of piperidine rings is 1. The van der Waals surface area contributed by atoms with E-state index in [1.165, 1.54) is 6.07 Å². The number of likely N-dealkylation sites (tertiary alicyclic amines) is 1. The topological polar surface area (TPSA) is 88.1 Å². The van der Waals surface area contributed by atoms with Gasteiger partial charge >= 0.3 is 0 Å². The van der Waals surface area contributed by atoms with Crippen molar-refractivity contribution in [3.63, 3.8) is 0 Å². The van der Waals surface area contributed by atoms with Gasteiger partial charge in [-0.15, -0.1) is 0 Å². The minimum atomic E-state index is -0.147. The van der Waals surface area contributed by atoms with E-state index in [2.05, 4.69) is 38.3 Å². The van der Waals surface area contributed by atoms with Crippen molar-refractivity contribution in [2.24, 2.45) is 4.99 Å². The summed E-state index contributed by atoms with van der Waals surface area (Å²) in [4.78, 5) is 31.4. The number of H-pyrrole nitrogens is 1. The molecule has 8 nitrogen and oxygen atoms in total. The van der Waals surface area contributed by atoms with Crippen molar-refractivity contribution in [3.05, 3.63) is 64.7 Å². The predicted molar refractivity (Wildman–Crippen MR) is 149 cm³/mol. The number of aromatic amines is 1. The maximum atomic E-state index is 13.0. The molecule has 10 heteroatoms. The number of carbonyl (C=O) groups excluding carboxylic acids is 1. The molecule has 1 aromatic heterocycles. The molecule has 3 heterocycles. The van der Waals surface area contributed by atoms with E-state index in [1.807, 2.05) is 4.90 Å². The molecule has 4 rings (SSSR count). The van der Waals surface area contributed by atoms with Crippen molar-refractivity contribution in [1.29, 1.82) is 0 Å². The molecule has 2 aromatic rings. The summed E-state index contributed by atoms with van der Waals surface area (Å²) in [5, 5.41) is 11.1. The second-order valence-corrected chi connectivity index (χ2v) is 10.3. The molecule has 198 valence electrons. The van der Waals surface area contributed by atoms with Gasteiger partial charge in [-0.05, 0) is 43.5 Å². The lowest BCUT2D eigenvalue weighted by Crippen LogP contribution is -2.59. The number of aromatic nitrogens is 2. The van der Waals surface area contributed by atoms with Gasteiger partial charge in [-0.3, -0.25) is 14.7 Å². The molecule has 1 aromatic carbocycles. The van der Waals surface area contributed by atoms with Gasteiger partial charge in [-0.1, -0.05) is 36.7 Å². The smallest absolute Gasteiger partial charge is 0.257 e. The molecular weight excluding hydrogens is 511 g/mol. The average Bonchev–Trinajstić information content (AvgIpc) is 3.44. The van der Waals surface area contributed by atoms with E-state index in [-0.39, 0.29) is 11.7 Å². The van der Waals surface area contributed by atoms with E-state index in [0.29, 0.717) is 52.2 Å². The van der Waals surface area contributed by atoms with Crippen LogP contribution in [0.5, 0.6) is 5.75 Å². The summed E-state index contributed by atoms with van der Waals surface area (Å²) < 4.78 is 0. The maximum Gasteiger partial charge on any atom is 0.257 e.